The third kappa shape index (κ3) is 3.76. The van der Waals surface area contributed by atoms with E-state index in [1.54, 1.807) is 36.4 Å². The van der Waals surface area contributed by atoms with Gasteiger partial charge in [-0.2, -0.15) is 0 Å². The van der Waals surface area contributed by atoms with Crippen molar-refractivity contribution in [2.24, 2.45) is 0 Å². The topological polar surface area (TPSA) is 84.2 Å². The van der Waals surface area contributed by atoms with Crippen molar-refractivity contribution < 1.29 is 14.0 Å². The number of furan rings is 1. The molecule has 2 aromatic heterocycles. The molecule has 0 saturated heterocycles. The van der Waals surface area contributed by atoms with Crippen LogP contribution in [0.4, 0.5) is 10.8 Å². The molecule has 0 saturated carbocycles. The standard InChI is InChI=1S/C23H14ClN3O3S/c24-17-7-2-4-14-15(17)5-1-6-16(14)21(28)25-13-9-10-18-20(12-13)31-23(26-18)27-22(29)19-8-3-11-30-19/h1-12H,(H,25,28)(H,26,27,29). The van der Waals surface area contributed by atoms with Gasteiger partial charge in [0.2, 0.25) is 0 Å². The van der Waals surface area contributed by atoms with Gasteiger partial charge >= 0.3 is 0 Å². The maximum atomic E-state index is 12.9. The lowest BCUT2D eigenvalue weighted by molar-refractivity contribution is 0.0994. The highest BCUT2D eigenvalue weighted by atomic mass is 35.5. The van der Waals surface area contributed by atoms with Crippen molar-refractivity contribution in [3.05, 3.63) is 89.3 Å². The second-order valence-corrected chi connectivity index (χ2v) is 8.17. The lowest BCUT2D eigenvalue weighted by atomic mass is 10.0. The van der Waals surface area contributed by atoms with Crippen LogP contribution in [0.15, 0.2) is 77.4 Å². The number of hydrogen-bond acceptors (Lipinski definition) is 5. The molecule has 2 N–H and O–H groups in total. The number of rotatable bonds is 4. The Morgan fingerprint density at radius 2 is 1.74 bits per heavy atom. The number of benzene rings is 3. The average molecular weight is 448 g/mol. The van der Waals surface area contributed by atoms with Gasteiger partial charge in [0.15, 0.2) is 10.9 Å². The molecule has 2 amide bonds. The van der Waals surface area contributed by atoms with Crippen LogP contribution in [0.1, 0.15) is 20.9 Å². The number of amides is 2. The van der Waals surface area contributed by atoms with E-state index in [1.165, 1.54) is 17.6 Å². The van der Waals surface area contributed by atoms with Gasteiger partial charge in [-0.25, -0.2) is 4.98 Å². The average Bonchev–Trinajstić information content (AvgIpc) is 3.43. The summed E-state index contributed by atoms with van der Waals surface area (Å²) >= 11 is 7.57. The number of carbonyl (C=O) groups excluding carboxylic acids is 2. The van der Waals surface area contributed by atoms with Crippen LogP contribution in [-0.4, -0.2) is 16.8 Å². The molecule has 0 aliphatic rings. The first-order valence-corrected chi connectivity index (χ1v) is 10.5. The zero-order valence-corrected chi connectivity index (χ0v) is 17.5. The van der Waals surface area contributed by atoms with E-state index in [9.17, 15) is 9.59 Å². The molecular weight excluding hydrogens is 434 g/mol. The molecule has 0 fully saturated rings. The lowest BCUT2D eigenvalue weighted by Gasteiger charge is -2.09. The van der Waals surface area contributed by atoms with Gasteiger partial charge < -0.3 is 9.73 Å². The van der Waals surface area contributed by atoms with Gasteiger partial charge in [-0.05, 0) is 47.9 Å². The number of nitrogens with one attached hydrogen (secondary N) is 2. The fourth-order valence-electron chi connectivity index (χ4n) is 3.29. The number of carbonyl (C=O) groups is 2. The van der Waals surface area contributed by atoms with Crippen molar-refractivity contribution in [2.45, 2.75) is 0 Å². The van der Waals surface area contributed by atoms with Gasteiger partial charge in [-0.15, -0.1) is 0 Å². The van der Waals surface area contributed by atoms with Crippen LogP contribution in [0, 0.1) is 0 Å². The summed E-state index contributed by atoms with van der Waals surface area (Å²) in [7, 11) is 0. The van der Waals surface area contributed by atoms with Gasteiger partial charge in [0.1, 0.15) is 0 Å². The second kappa shape index (κ2) is 7.86. The highest BCUT2D eigenvalue weighted by Crippen LogP contribution is 2.30. The molecule has 0 radical (unpaired) electrons. The minimum atomic E-state index is -0.368. The first kappa shape index (κ1) is 19.3. The summed E-state index contributed by atoms with van der Waals surface area (Å²) in [4.78, 5) is 29.5. The highest BCUT2D eigenvalue weighted by molar-refractivity contribution is 7.22. The molecule has 0 unspecified atom stereocenters. The lowest BCUT2D eigenvalue weighted by Crippen LogP contribution is -2.12. The number of nitrogens with zero attached hydrogens (tertiary/aromatic N) is 1. The van der Waals surface area contributed by atoms with Crippen molar-refractivity contribution in [1.29, 1.82) is 0 Å². The molecule has 5 rings (SSSR count). The third-order valence-corrected chi connectivity index (χ3v) is 5.99. The van der Waals surface area contributed by atoms with Crippen molar-refractivity contribution in [1.82, 2.24) is 4.98 Å². The monoisotopic (exact) mass is 447 g/mol. The Balaban J connectivity index is 1.39. The van der Waals surface area contributed by atoms with Crippen LogP contribution in [-0.2, 0) is 0 Å². The molecular formula is C23H14ClN3O3S. The van der Waals surface area contributed by atoms with Crippen LogP contribution in [0.5, 0.6) is 0 Å². The van der Waals surface area contributed by atoms with E-state index in [-0.39, 0.29) is 17.6 Å². The van der Waals surface area contributed by atoms with Crippen molar-refractivity contribution in [3.63, 3.8) is 0 Å². The quantitative estimate of drug-likeness (QED) is 0.343. The van der Waals surface area contributed by atoms with E-state index >= 15 is 0 Å². The van der Waals surface area contributed by atoms with Crippen molar-refractivity contribution in [2.75, 3.05) is 10.6 Å². The Morgan fingerprint density at radius 3 is 2.58 bits per heavy atom. The first-order chi connectivity index (χ1) is 15.1. The Bertz CT molecular complexity index is 1440. The van der Waals surface area contributed by atoms with Crippen molar-refractivity contribution >= 4 is 66.6 Å². The summed E-state index contributed by atoms with van der Waals surface area (Å²) in [6.07, 6.45) is 1.44. The minimum Gasteiger partial charge on any atom is -0.459 e. The number of thiazole rings is 1. The summed E-state index contributed by atoms with van der Waals surface area (Å²) in [6.45, 7) is 0. The molecule has 0 bridgehead atoms. The molecule has 31 heavy (non-hydrogen) atoms. The number of fused-ring (bicyclic) bond motifs is 2. The van der Waals surface area contributed by atoms with E-state index in [0.717, 1.165) is 21.0 Å². The third-order valence-electron chi connectivity index (χ3n) is 4.73. The largest absolute Gasteiger partial charge is 0.459 e. The second-order valence-electron chi connectivity index (χ2n) is 6.73. The van der Waals surface area contributed by atoms with Crippen LogP contribution < -0.4 is 10.6 Å². The van der Waals surface area contributed by atoms with Gasteiger partial charge in [0.05, 0.1) is 16.5 Å². The Kier molecular flexibility index (Phi) is 4.89. The number of aromatic nitrogens is 1. The molecule has 8 heteroatoms. The zero-order valence-electron chi connectivity index (χ0n) is 15.9. The maximum absolute atomic E-state index is 12.9. The summed E-state index contributed by atoms with van der Waals surface area (Å²) in [5.74, 6) is -0.391. The fraction of sp³-hybridized carbons (Fsp3) is 0. The van der Waals surface area contributed by atoms with Crippen LogP contribution in [0.25, 0.3) is 21.0 Å². The summed E-state index contributed by atoms with van der Waals surface area (Å²) in [5.41, 5.74) is 1.88. The molecule has 5 aromatic rings. The molecule has 6 nitrogen and oxygen atoms in total. The molecule has 0 spiro atoms. The number of halogens is 1. The maximum Gasteiger partial charge on any atom is 0.293 e. The molecule has 0 atom stereocenters. The van der Waals surface area contributed by atoms with E-state index in [1.807, 2.05) is 30.3 Å². The SMILES string of the molecule is O=C(Nc1nc2ccc(NC(=O)c3cccc4c(Cl)cccc34)cc2s1)c1ccco1. The number of anilines is 2. The Morgan fingerprint density at radius 1 is 0.903 bits per heavy atom. The Labute approximate surface area is 185 Å². The summed E-state index contributed by atoms with van der Waals surface area (Å²) in [6, 6.07) is 19.6. The minimum absolute atomic E-state index is 0.211. The molecule has 3 aromatic carbocycles. The summed E-state index contributed by atoms with van der Waals surface area (Å²) in [5, 5.41) is 8.31. The van der Waals surface area contributed by atoms with Gasteiger partial charge in [-0.1, -0.05) is 47.2 Å². The zero-order chi connectivity index (χ0) is 21.4. The predicted octanol–water partition coefficient (Wildman–Crippen LogP) is 6.20. The summed E-state index contributed by atoms with van der Waals surface area (Å²) < 4.78 is 5.92. The van der Waals surface area contributed by atoms with Crippen LogP contribution in [0.3, 0.4) is 0 Å². The van der Waals surface area contributed by atoms with E-state index in [4.69, 9.17) is 16.0 Å². The van der Waals surface area contributed by atoms with Crippen LogP contribution in [0.2, 0.25) is 5.02 Å². The van der Waals surface area contributed by atoms with E-state index in [0.29, 0.717) is 21.4 Å². The fourth-order valence-corrected chi connectivity index (χ4v) is 4.43. The predicted molar refractivity (Wildman–Crippen MR) is 123 cm³/mol. The normalized spacial score (nSPS) is 11.0. The first-order valence-electron chi connectivity index (χ1n) is 9.32. The highest BCUT2D eigenvalue weighted by Gasteiger charge is 2.14. The van der Waals surface area contributed by atoms with Gasteiger partial charge in [0.25, 0.3) is 11.8 Å². The van der Waals surface area contributed by atoms with E-state index < -0.39 is 0 Å². The molecule has 152 valence electrons. The van der Waals surface area contributed by atoms with Crippen LogP contribution >= 0.6 is 22.9 Å². The van der Waals surface area contributed by atoms with Gasteiger partial charge in [0, 0.05) is 21.7 Å². The number of hydrogen-bond donors (Lipinski definition) is 2. The van der Waals surface area contributed by atoms with E-state index in [2.05, 4.69) is 15.6 Å². The molecule has 0 aliphatic heterocycles. The molecule has 2 heterocycles. The smallest absolute Gasteiger partial charge is 0.293 e. The molecule has 0 aliphatic carbocycles. The van der Waals surface area contributed by atoms with Gasteiger partial charge in [-0.3, -0.25) is 14.9 Å². The Hall–Kier alpha value is -3.68. The van der Waals surface area contributed by atoms with Crippen molar-refractivity contribution in [3.8, 4) is 0 Å².